The molecular weight excluding hydrogens is 304 g/mol. The number of pyridine rings is 1. The fraction of sp³-hybridized carbons (Fsp3) is 0.188. The van der Waals surface area contributed by atoms with Crippen LogP contribution in [0.5, 0.6) is 0 Å². The van der Waals surface area contributed by atoms with E-state index in [4.69, 9.17) is 11.6 Å². The topological polar surface area (TPSA) is 61.5 Å². The van der Waals surface area contributed by atoms with Gasteiger partial charge in [-0.05, 0) is 18.6 Å². The number of hydrogen-bond acceptors (Lipinski definition) is 3. The molecule has 0 bridgehead atoms. The van der Waals surface area contributed by atoms with E-state index in [0.29, 0.717) is 40.2 Å². The van der Waals surface area contributed by atoms with Crippen LogP contribution in [0.25, 0.3) is 0 Å². The smallest absolute Gasteiger partial charge is 0.262 e. The molecular formula is C16H12ClN2O3+. The van der Waals surface area contributed by atoms with Gasteiger partial charge in [0.25, 0.3) is 11.8 Å². The van der Waals surface area contributed by atoms with Gasteiger partial charge in [-0.3, -0.25) is 19.7 Å². The summed E-state index contributed by atoms with van der Waals surface area (Å²) in [7, 11) is 0. The third-order valence-corrected chi connectivity index (χ3v) is 4.66. The zero-order valence-corrected chi connectivity index (χ0v) is 12.2. The maximum absolute atomic E-state index is 12.6. The third-order valence-electron chi connectivity index (χ3n) is 4.33. The Kier molecular flexibility index (Phi) is 2.74. The van der Waals surface area contributed by atoms with Gasteiger partial charge in [0.05, 0.1) is 27.8 Å². The van der Waals surface area contributed by atoms with Gasteiger partial charge in [0.15, 0.2) is 0 Å². The first kappa shape index (κ1) is 13.3. The number of rotatable bonds is 1. The normalized spacial score (nSPS) is 19.5. The zero-order valence-electron chi connectivity index (χ0n) is 11.5. The second-order valence-electron chi connectivity index (χ2n) is 5.45. The van der Waals surface area contributed by atoms with Crippen LogP contribution in [0, 0.1) is 0 Å². The van der Waals surface area contributed by atoms with E-state index in [1.165, 1.54) is 11.1 Å². The van der Waals surface area contributed by atoms with Crippen LogP contribution in [-0.2, 0) is 6.42 Å². The molecule has 1 N–H and O–H groups in total. The van der Waals surface area contributed by atoms with Gasteiger partial charge in [0.1, 0.15) is 0 Å². The van der Waals surface area contributed by atoms with Crippen LogP contribution in [0.4, 0.5) is 0 Å². The average Bonchev–Trinajstić information content (AvgIpc) is 3.06. The maximum atomic E-state index is 12.6. The predicted molar refractivity (Wildman–Crippen MR) is 76.8 cm³/mol. The van der Waals surface area contributed by atoms with Crippen molar-refractivity contribution in [3.05, 3.63) is 63.9 Å². The molecule has 6 heteroatoms. The zero-order chi connectivity index (χ0) is 15.4. The lowest BCUT2D eigenvalue weighted by molar-refractivity contribution is -0.909. The van der Waals surface area contributed by atoms with Crippen molar-refractivity contribution in [1.29, 1.82) is 0 Å². The van der Waals surface area contributed by atoms with Crippen LogP contribution >= 0.6 is 11.6 Å². The summed E-state index contributed by atoms with van der Waals surface area (Å²) in [4.78, 5) is 26.5. The summed E-state index contributed by atoms with van der Waals surface area (Å²) in [6.07, 6.45) is 2.58. The molecule has 2 heterocycles. The molecule has 1 aromatic carbocycles. The summed E-state index contributed by atoms with van der Waals surface area (Å²) in [5, 5.41) is 10.3. The van der Waals surface area contributed by atoms with Gasteiger partial charge in [-0.1, -0.05) is 23.7 Å². The molecule has 0 radical (unpaired) electrons. The molecule has 0 fully saturated rings. The van der Waals surface area contributed by atoms with Crippen LogP contribution in [0.3, 0.4) is 0 Å². The van der Waals surface area contributed by atoms with E-state index in [0.717, 1.165) is 4.73 Å². The van der Waals surface area contributed by atoms with Crippen molar-refractivity contribution < 1.29 is 19.5 Å². The first-order valence-corrected chi connectivity index (χ1v) is 7.36. The van der Waals surface area contributed by atoms with Crippen LogP contribution in [-0.4, -0.2) is 21.9 Å². The number of benzene rings is 1. The van der Waals surface area contributed by atoms with Gasteiger partial charge in [0, 0.05) is 17.2 Å². The highest BCUT2D eigenvalue weighted by atomic mass is 35.5. The molecule has 5 nitrogen and oxygen atoms in total. The van der Waals surface area contributed by atoms with Crippen molar-refractivity contribution in [3.8, 4) is 0 Å². The molecule has 0 spiro atoms. The predicted octanol–water partition coefficient (Wildman–Crippen LogP) is 2.15. The molecule has 1 unspecified atom stereocenters. The maximum Gasteiger partial charge on any atom is 0.262 e. The van der Waals surface area contributed by atoms with E-state index in [1.54, 1.807) is 30.3 Å². The Balaban J connectivity index is 1.83. The minimum Gasteiger partial charge on any atom is -0.285 e. The number of amides is 2. The van der Waals surface area contributed by atoms with Crippen molar-refractivity contribution in [2.75, 3.05) is 0 Å². The van der Waals surface area contributed by atoms with Crippen LogP contribution in [0.15, 0.2) is 36.5 Å². The summed E-state index contributed by atoms with van der Waals surface area (Å²) in [6.45, 7) is 0. The van der Waals surface area contributed by atoms with Crippen LogP contribution in [0.1, 0.15) is 44.4 Å². The fourth-order valence-electron chi connectivity index (χ4n) is 3.34. The monoisotopic (exact) mass is 315 g/mol. The van der Waals surface area contributed by atoms with E-state index in [9.17, 15) is 14.8 Å². The highest BCUT2D eigenvalue weighted by Crippen LogP contribution is 2.41. The molecule has 0 saturated heterocycles. The number of halogens is 1. The van der Waals surface area contributed by atoms with Crippen molar-refractivity contribution in [1.82, 2.24) is 4.90 Å². The summed E-state index contributed by atoms with van der Waals surface area (Å²) >= 11 is 6.25. The number of carbonyl (C=O) groups excluding carboxylic acids is 2. The lowest BCUT2D eigenvalue weighted by Gasteiger charge is -2.22. The largest absolute Gasteiger partial charge is 0.285 e. The summed E-state index contributed by atoms with van der Waals surface area (Å²) in [5.74, 6) is -0.606. The second kappa shape index (κ2) is 4.55. The molecule has 1 atom stereocenters. The number of imide groups is 1. The fourth-order valence-corrected chi connectivity index (χ4v) is 3.64. The Morgan fingerprint density at radius 3 is 2.41 bits per heavy atom. The Hall–Kier alpha value is -2.40. The quantitative estimate of drug-likeness (QED) is 0.498. The highest BCUT2D eigenvalue weighted by Gasteiger charge is 2.46. The van der Waals surface area contributed by atoms with Gasteiger partial charge in [0.2, 0.25) is 11.9 Å². The van der Waals surface area contributed by atoms with E-state index >= 15 is 0 Å². The van der Waals surface area contributed by atoms with Crippen molar-refractivity contribution in [2.45, 2.75) is 18.9 Å². The molecule has 1 aromatic heterocycles. The van der Waals surface area contributed by atoms with E-state index in [2.05, 4.69) is 0 Å². The number of fused-ring (bicyclic) bond motifs is 2. The molecule has 22 heavy (non-hydrogen) atoms. The van der Waals surface area contributed by atoms with Gasteiger partial charge in [-0.2, -0.15) is 0 Å². The summed E-state index contributed by atoms with van der Waals surface area (Å²) < 4.78 is 1.01. The molecule has 1 aliphatic heterocycles. The van der Waals surface area contributed by atoms with Crippen molar-refractivity contribution >= 4 is 23.4 Å². The first-order chi connectivity index (χ1) is 10.6. The molecule has 2 aromatic rings. The molecule has 4 rings (SSSR count). The van der Waals surface area contributed by atoms with E-state index < -0.39 is 6.04 Å². The van der Waals surface area contributed by atoms with E-state index in [1.807, 2.05) is 0 Å². The molecule has 1 aliphatic carbocycles. The van der Waals surface area contributed by atoms with Gasteiger partial charge in [-0.15, -0.1) is 0 Å². The van der Waals surface area contributed by atoms with Gasteiger partial charge >= 0.3 is 0 Å². The molecule has 110 valence electrons. The van der Waals surface area contributed by atoms with Crippen molar-refractivity contribution in [2.24, 2.45) is 0 Å². The summed E-state index contributed by atoms with van der Waals surface area (Å²) in [5.41, 5.74) is 2.14. The Bertz CT molecular complexity index is 799. The standard InChI is InChI=1S/C16H12ClN2O3/c17-11-7-8-18(22)12-5-6-13(14(11)12)19-15(20)9-3-1-2-4-10(9)16(19)21/h1-4,7-8,13,22H,5-6H2/q+1. The summed E-state index contributed by atoms with van der Waals surface area (Å²) in [6, 6.07) is 7.93. The highest BCUT2D eigenvalue weighted by molar-refractivity contribution is 6.31. The minimum absolute atomic E-state index is 0.303. The van der Waals surface area contributed by atoms with Gasteiger partial charge < -0.3 is 0 Å². The van der Waals surface area contributed by atoms with Crippen molar-refractivity contribution in [3.63, 3.8) is 0 Å². The second-order valence-corrected chi connectivity index (χ2v) is 5.86. The first-order valence-electron chi connectivity index (χ1n) is 6.98. The SMILES string of the molecule is O=C1c2ccccc2C(=O)N1C1CCc2c1c(Cl)cc[n+]2O. The van der Waals surface area contributed by atoms with Crippen LogP contribution < -0.4 is 4.73 Å². The third kappa shape index (κ3) is 1.63. The lowest BCUT2D eigenvalue weighted by Crippen LogP contribution is -2.36. The Morgan fingerprint density at radius 2 is 1.77 bits per heavy atom. The number of nitrogens with zero attached hydrogens (tertiary/aromatic N) is 2. The Morgan fingerprint density at radius 1 is 1.14 bits per heavy atom. The van der Waals surface area contributed by atoms with E-state index in [-0.39, 0.29) is 11.8 Å². The number of hydrogen-bond donors (Lipinski definition) is 1. The van der Waals surface area contributed by atoms with Gasteiger partial charge in [-0.25, -0.2) is 0 Å². The average molecular weight is 316 g/mol. The number of carbonyl (C=O) groups is 2. The molecule has 0 saturated carbocycles. The molecule has 2 amide bonds. The Labute approximate surface area is 131 Å². The van der Waals surface area contributed by atoms with Crippen LogP contribution in [0.2, 0.25) is 5.02 Å². The lowest BCUT2D eigenvalue weighted by atomic mass is 10.1. The minimum atomic E-state index is -0.436. The molecule has 2 aliphatic rings. The number of aromatic nitrogens is 1.